The summed E-state index contributed by atoms with van der Waals surface area (Å²) in [6.07, 6.45) is 1.70. The Morgan fingerprint density at radius 3 is 2.53 bits per heavy atom. The molecule has 0 aliphatic carbocycles. The van der Waals surface area contributed by atoms with Crippen molar-refractivity contribution >= 4 is 29.1 Å². The fourth-order valence-corrected chi connectivity index (χ4v) is 4.29. The lowest BCUT2D eigenvalue weighted by molar-refractivity contribution is 0.0198. The molecule has 8 heteroatoms. The van der Waals surface area contributed by atoms with Gasteiger partial charge in [-0.05, 0) is 57.4 Å². The highest BCUT2D eigenvalue weighted by molar-refractivity contribution is 6.34. The van der Waals surface area contributed by atoms with Crippen LogP contribution in [-0.4, -0.2) is 45.2 Å². The first-order valence-corrected chi connectivity index (χ1v) is 11.1. The van der Waals surface area contributed by atoms with E-state index in [1.807, 2.05) is 45.0 Å². The molecule has 0 saturated carbocycles. The Balaban J connectivity index is 1.54. The predicted octanol–water partition coefficient (Wildman–Crippen LogP) is 4.87. The van der Waals surface area contributed by atoms with E-state index in [4.69, 9.17) is 22.1 Å². The van der Waals surface area contributed by atoms with Crippen LogP contribution in [-0.2, 0) is 4.74 Å². The minimum absolute atomic E-state index is 0.243. The third-order valence-electron chi connectivity index (χ3n) is 5.57. The van der Waals surface area contributed by atoms with Crippen LogP contribution in [0.15, 0.2) is 42.5 Å². The lowest BCUT2D eigenvalue weighted by Crippen LogP contribution is -2.42. The predicted molar refractivity (Wildman–Crippen MR) is 124 cm³/mol. The Labute approximate surface area is 192 Å². The van der Waals surface area contributed by atoms with E-state index in [0.29, 0.717) is 22.8 Å². The minimum atomic E-state index is -0.585. The molecule has 1 aromatic carbocycles. The molecule has 1 unspecified atom stereocenters. The number of primary amides is 1. The van der Waals surface area contributed by atoms with E-state index in [1.165, 1.54) is 16.1 Å². The summed E-state index contributed by atoms with van der Waals surface area (Å²) in [6, 6.07) is 13.4. The molecule has 3 heterocycles. The summed E-state index contributed by atoms with van der Waals surface area (Å²) in [5.41, 5.74) is 8.62. The van der Waals surface area contributed by atoms with E-state index in [0.717, 1.165) is 24.9 Å². The van der Waals surface area contributed by atoms with Crippen molar-refractivity contribution in [2.24, 2.45) is 5.73 Å². The van der Waals surface area contributed by atoms with E-state index in [-0.39, 0.29) is 17.7 Å². The first kappa shape index (κ1) is 22.1. The third kappa shape index (κ3) is 4.58. The maximum absolute atomic E-state index is 12.5. The van der Waals surface area contributed by atoms with Crippen molar-refractivity contribution in [2.45, 2.75) is 45.1 Å². The molecule has 2 N–H and O–H groups in total. The number of halogens is 1. The molecular weight excluding hydrogens is 428 g/mol. The minimum Gasteiger partial charge on any atom is -0.444 e. The van der Waals surface area contributed by atoms with E-state index in [1.54, 1.807) is 4.90 Å². The molecular formula is C24H27ClN4O3. The molecule has 3 aromatic rings. The van der Waals surface area contributed by atoms with Crippen molar-refractivity contribution in [3.05, 3.63) is 58.7 Å². The van der Waals surface area contributed by atoms with Gasteiger partial charge in [0.2, 0.25) is 0 Å². The molecule has 1 fully saturated rings. The largest absolute Gasteiger partial charge is 0.444 e. The van der Waals surface area contributed by atoms with Crippen LogP contribution in [0.5, 0.6) is 0 Å². The Morgan fingerprint density at radius 2 is 1.88 bits per heavy atom. The molecule has 32 heavy (non-hydrogen) atoms. The van der Waals surface area contributed by atoms with Crippen molar-refractivity contribution in [3.8, 4) is 11.3 Å². The Kier molecular flexibility index (Phi) is 5.86. The van der Waals surface area contributed by atoms with Gasteiger partial charge in [0, 0.05) is 24.6 Å². The van der Waals surface area contributed by atoms with Crippen molar-refractivity contribution < 1.29 is 14.3 Å². The standard InChI is InChI=1S/C24H27ClN4O3/c1-24(2,3)32-23(31)28-12-4-5-17(14-28)15-6-8-16(9-7-15)19-10-11-20-18(25)13-21(22(26)30)29(20)27-19/h6-11,13,17H,4-5,12,14H2,1-3H3,(H2,26,30). The summed E-state index contributed by atoms with van der Waals surface area (Å²) in [5, 5.41) is 4.99. The number of hydrogen-bond donors (Lipinski definition) is 1. The molecule has 168 valence electrons. The van der Waals surface area contributed by atoms with Crippen molar-refractivity contribution in [1.29, 1.82) is 0 Å². The maximum Gasteiger partial charge on any atom is 0.410 e. The molecule has 0 spiro atoms. The first-order chi connectivity index (χ1) is 15.1. The first-order valence-electron chi connectivity index (χ1n) is 10.7. The van der Waals surface area contributed by atoms with Crippen LogP contribution >= 0.6 is 11.6 Å². The second kappa shape index (κ2) is 8.47. The van der Waals surface area contributed by atoms with E-state index in [9.17, 15) is 9.59 Å². The number of benzene rings is 1. The zero-order valence-corrected chi connectivity index (χ0v) is 19.2. The second-order valence-corrected chi connectivity index (χ2v) is 9.55. The number of carbonyl (C=O) groups is 2. The van der Waals surface area contributed by atoms with Gasteiger partial charge < -0.3 is 15.4 Å². The number of fused-ring (bicyclic) bond motifs is 1. The molecule has 1 aliphatic heterocycles. The molecule has 1 aliphatic rings. The quantitative estimate of drug-likeness (QED) is 0.611. The van der Waals surface area contributed by atoms with Crippen LogP contribution in [0.3, 0.4) is 0 Å². The van der Waals surface area contributed by atoms with Gasteiger partial charge in [0.1, 0.15) is 11.3 Å². The molecule has 4 rings (SSSR count). The van der Waals surface area contributed by atoms with Crippen LogP contribution < -0.4 is 5.73 Å². The lowest BCUT2D eigenvalue weighted by atomic mass is 9.90. The zero-order valence-electron chi connectivity index (χ0n) is 18.5. The van der Waals surface area contributed by atoms with Crippen LogP contribution in [0, 0.1) is 0 Å². The van der Waals surface area contributed by atoms with Gasteiger partial charge in [0.25, 0.3) is 5.91 Å². The van der Waals surface area contributed by atoms with E-state index >= 15 is 0 Å². The number of ether oxygens (including phenoxy) is 1. The van der Waals surface area contributed by atoms with Gasteiger partial charge in [-0.15, -0.1) is 0 Å². The molecule has 7 nitrogen and oxygen atoms in total. The normalized spacial score (nSPS) is 16.9. The average molecular weight is 455 g/mol. The fourth-order valence-electron chi connectivity index (χ4n) is 4.04. The summed E-state index contributed by atoms with van der Waals surface area (Å²) >= 11 is 6.19. The number of hydrogen-bond acceptors (Lipinski definition) is 4. The highest BCUT2D eigenvalue weighted by atomic mass is 35.5. The summed E-state index contributed by atoms with van der Waals surface area (Å²) in [6.45, 7) is 7.00. The molecule has 0 radical (unpaired) electrons. The summed E-state index contributed by atoms with van der Waals surface area (Å²) in [5.74, 6) is -0.329. The monoisotopic (exact) mass is 454 g/mol. The average Bonchev–Trinajstić information content (AvgIpc) is 3.09. The summed E-state index contributed by atoms with van der Waals surface area (Å²) < 4.78 is 7.02. The fraction of sp³-hybridized carbons (Fsp3) is 0.375. The number of rotatable bonds is 3. The van der Waals surface area contributed by atoms with Gasteiger partial charge in [-0.1, -0.05) is 35.9 Å². The number of aromatic nitrogens is 2. The van der Waals surface area contributed by atoms with Gasteiger partial charge in [0.15, 0.2) is 0 Å². The number of likely N-dealkylation sites (tertiary alicyclic amines) is 1. The lowest BCUT2D eigenvalue weighted by Gasteiger charge is -2.34. The Bertz CT molecular complexity index is 1160. The summed E-state index contributed by atoms with van der Waals surface area (Å²) in [7, 11) is 0. The van der Waals surface area contributed by atoms with Crippen molar-refractivity contribution in [2.75, 3.05) is 13.1 Å². The highest BCUT2D eigenvalue weighted by Gasteiger charge is 2.28. The molecule has 2 amide bonds. The molecule has 0 bridgehead atoms. The second-order valence-electron chi connectivity index (χ2n) is 9.14. The zero-order chi connectivity index (χ0) is 23.0. The van der Waals surface area contributed by atoms with Crippen LogP contribution in [0.1, 0.15) is 55.6 Å². The van der Waals surface area contributed by atoms with E-state index in [2.05, 4.69) is 17.2 Å². The number of carbonyl (C=O) groups excluding carboxylic acids is 2. The van der Waals surface area contributed by atoms with Crippen LogP contribution in [0.2, 0.25) is 5.02 Å². The highest BCUT2D eigenvalue weighted by Crippen LogP contribution is 2.30. The van der Waals surface area contributed by atoms with Crippen molar-refractivity contribution in [3.63, 3.8) is 0 Å². The van der Waals surface area contributed by atoms with Crippen LogP contribution in [0.4, 0.5) is 4.79 Å². The SMILES string of the molecule is CC(C)(C)OC(=O)N1CCCC(c2ccc(-c3ccc4c(Cl)cc(C(N)=O)n4n3)cc2)C1. The van der Waals surface area contributed by atoms with Gasteiger partial charge in [-0.2, -0.15) is 5.10 Å². The Hall–Kier alpha value is -3.06. The van der Waals surface area contributed by atoms with Crippen molar-refractivity contribution in [1.82, 2.24) is 14.5 Å². The number of piperidine rings is 1. The van der Waals surface area contributed by atoms with E-state index < -0.39 is 11.5 Å². The molecule has 1 saturated heterocycles. The smallest absolute Gasteiger partial charge is 0.410 e. The van der Waals surface area contributed by atoms with Gasteiger partial charge in [-0.25, -0.2) is 9.31 Å². The van der Waals surface area contributed by atoms with Gasteiger partial charge >= 0.3 is 6.09 Å². The third-order valence-corrected chi connectivity index (χ3v) is 5.88. The molecule has 2 aromatic heterocycles. The number of nitrogens with zero attached hydrogens (tertiary/aromatic N) is 3. The number of amides is 2. The topological polar surface area (TPSA) is 89.9 Å². The van der Waals surface area contributed by atoms with Crippen LogP contribution in [0.25, 0.3) is 16.8 Å². The maximum atomic E-state index is 12.5. The van der Waals surface area contributed by atoms with Gasteiger partial charge in [-0.3, -0.25) is 4.79 Å². The Morgan fingerprint density at radius 1 is 1.16 bits per heavy atom. The molecule has 1 atom stereocenters. The number of nitrogens with two attached hydrogens (primary N) is 1. The summed E-state index contributed by atoms with van der Waals surface area (Å²) in [4.78, 5) is 26.0. The van der Waals surface area contributed by atoms with Gasteiger partial charge in [0.05, 0.1) is 16.2 Å².